The van der Waals surface area contributed by atoms with Gasteiger partial charge in [0.15, 0.2) is 0 Å². The van der Waals surface area contributed by atoms with Crippen LogP contribution in [0.3, 0.4) is 0 Å². The quantitative estimate of drug-likeness (QED) is 0.573. The minimum Gasteiger partial charge on any atom is -0.384 e. The van der Waals surface area contributed by atoms with Gasteiger partial charge in [-0.05, 0) is 50.5 Å². The Morgan fingerprint density at radius 2 is 1.86 bits per heavy atom. The topological polar surface area (TPSA) is 66.0 Å². The van der Waals surface area contributed by atoms with Crippen LogP contribution in [-0.2, 0) is 0 Å². The lowest BCUT2D eigenvalue weighted by atomic mass is 10.2. The molecule has 0 unspecified atom stereocenters. The number of halogens is 1. The first-order valence-electron chi connectivity index (χ1n) is 9.82. The summed E-state index contributed by atoms with van der Waals surface area (Å²) in [5, 5.41) is 8.72. The maximum Gasteiger partial charge on any atom is 0.227 e. The van der Waals surface area contributed by atoms with E-state index in [-0.39, 0.29) is 0 Å². The smallest absolute Gasteiger partial charge is 0.227 e. The Morgan fingerprint density at radius 3 is 2.71 bits per heavy atom. The van der Waals surface area contributed by atoms with Gasteiger partial charge in [-0.2, -0.15) is 4.98 Å². The number of pyridine rings is 1. The van der Waals surface area contributed by atoms with Crippen LogP contribution in [0, 0.1) is 6.92 Å². The first-order chi connectivity index (χ1) is 13.7. The highest BCUT2D eigenvalue weighted by molar-refractivity contribution is 6.31. The van der Waals surface area contributed by atoms with Crippen LogP contribution in [-0.4, -0.2) is 41.1 Å². The van der Waals surface area contributed by atoms with Crippen molar-refractivity contribution < 1.29 is 0 Å². The van der Waals surface area contributed by atoms with Gasteiger partial charge in [0.05, 0.1) is 5.52 Å². The number of fused-ring (bicyclic) bond motifs is 1. The van der Waals surface area contributed by atoms with Crippen LogP contribution in [0.15, 0.2) is 36.5 Å². The molecule has 1 saturated heterocycles. The number of anilines is 3. The van der Waals surface area contributed by atoms with Crippen molar-refractivity contribution >= 4 is 40.0 Å². The lowest BCUT2D eigenvalue weighted by molar-refractivity contribution is 0.873. The van der Waals surface area contributed by atoms with Crippen LogP contribution in [0.25, 0.3) is 10.9 Å². The van der Waals surface area contributed by atoms with Gasteiger partial charge in [0, 0.05) is 60.2 Å². The Morgan fingerprint density at radius 1 is 1.04 bits per heavy atom. The average molecular weight is 397 g/mol. The number of aryl methyl sites for hydroxylation is 1. The van der Waals surface area contributed by atoms with E-state index in [0.29, 0.717) is 5.02 Å². The lowest BCUT2D eigenvalue weighted by Crippen LogP contribution is -2.21. The van der Waals surface area contributed by atoms with Crippen molar-refractivity contribution in [1.82, 2.24) is 15.0 Å². The van der Waals surface area contributed by atoms with Gasteiger partial charge in [-0.25, -0.2) is 4.98 Å². The molecule has 0 atom stereocenters. The number of hydrogen-bond donors (Lipinski definition) is 2. The van der Waals surface area contributed by atoms with Gasteiger partial charge in [-0.1, -0.05) is 11.6 Å². The van der Waals surface area contributed by atoms with Crippen LogP contribution in [0.2, 0.25) is 5.02 Å². The molecule has 4 rings (SSSR count). The van der Waals surface area contributed by atoms with E-state index in [4.69, 9.17) is 11.6 Å². The predicted molar refractivity (Wildman–Crippen MR) is 117 cm³/mol. The highest BCUT2D eigenvalue weighted by Gasteiger charge is 2.15. The molecule has 0 radical (unpaired) electrons. The molecule has 3 heterocycles. The van der Waals surface area contributed by atoms with Gasteiger partial charge >= 0.3 is 0 Å². The van der Waals surface area contributed by atoms with Crippen LogP contribution in [0.5, 0.6) is 0 Å². The zero-order chi connectivity index (χ0) is 19.3. The molecular weight excluding hydrogens is 372 g/mol. The number of nitrogens with zero attached hydrogens (tertiary/aromatic N) is 4. The highest BCUT2D eigenvalue weighted by atomic mass is 35.5. The van der Waals surface area contributed by atoms with Crippen molar-refractivity contribution in [2.75, 3.05) is 41.7 Å². The van der Waals surface area contributed by atoms with Crippen LogP contribution < -0.4 is 15.5 Å². The Kier molecular flexibility index (Phi) is 5.76. The SMILES string of the molecule is Cc1cc(NCCCNc2ccnc3cc(Cl)ccc23)nc(N2CCCC2)n1. The molecule has 2 aromatic heterocycles. The summed E-state index contributed by atoms with van der Waals surface area (Å²) in [7, 11) is 0. The monoisotopic (exact) mass is 396 g/mol. The summed E-state index contributed by atoms with van der Waals surface area (Å²) >= 11 is 6.06. The Balaban J connectivity index is 1.31. The van der Waals surface area contributed by atoms with Crippen molar-refractivity contribution in [3.63, 3.8) is 0 Å². The molecule has 2 N–H and O–H groups in total. The zero-order valence-electron chi connectivity index (χ0n) is 16.1. The minimum atomic E-state index is 0.704. The van der Waals surface area contributed by atoms with Gasteiger partial charge in [-0.15, -0.1) is 0 Å². The van der Waals surface area contributed by atoms with Gasteiger partial charge in [-0.3, -0.25) is 4.98 Å². The number of rotatable bonds is 7. The van der Waals surface area contributed by atoms with E-state index in [2.05, 4.69) is 30.5 Å². The molecule has 7 heteroatoms. The standard InChI is InChI=1S/C21H25ClN6/c1-15-13-20(27-21(26-15)28-11-2-3-12-28)25-9-4-8-23-18-7-10-24-19-14-16(22)5-6-17(18)19/h5-7,10,13-14H,2-4,8-9,11-12H2,1H3,(H,23,24)(H,25,26,27). The fourth-order valence-corrected chi connectivity index (χ4v) is 3.67. The van der Waals surface area contributed by atoms with Crippen molar-refractivity contribution in [3.8, 4) is 0 Å². The molecule has 1 aromatic carbocycles. The number of benzene rings is 1. The summed E-state index contributed by atoms with van der Waals surface area (Å²) in [6.07, 6.45) is 5.23. The maximum atomic E-state index is 6.06. The molecule has 1 fully saturated rings. The summed E-state index contributed by atoms with van der Waals surface area (Å²) in [5.74, 6) is 1.75. The Hall–Kier alpha value is -2.60. The van der Waals surface area contributed by atoms with E-state index in [0.717, 1.165) is 66.7 Å². The summed E-state index contributed by atoms with van der Waals surface area (Å²) < 4.78 is 0. The molecule has 3 aromatic rings. The molecule has 0 spiro atoms. The summed E-state index contributed by atoms with van der Waals surface area (Å²) in [6.45, 7) is 5.83. The summed E-state index contributed by atoms with van der Waals surface area (Å²) in [4.78, 5) is 15.9. The summed E-state index contributed by atoms with van der Waals surface area (Å²) in [6, 6.07) is 9.80. The first-order valence-corrected chi connectivity index (χ1v) is 10.2. The van der Waals surface area contributed by atoms with Crippen molar-refractivity contribution in [1.29, 1.82) is 0 Å². The Labute approximate surface area is 170 Å². The lowest BCUT2D eigenvalue weighted by Gasteiger charge is -2.17. The molecule has 28 heavy (non-hydrogen) atoms. The summed E-state index contributed by atoms with van der Waals surface area (Å²) in [5.41, 5.74) is 2.98. The number of nitrogens with one attached hydrogen (secondary N) is 2. The van der Waals surface area contributed by atoms with Crippen LogP contribution in [0.4, 0.5) is 17.5 Å². The molecule has 0 aliphatic carbocycles. The third-order valence-electron chi connectivity index (χ3n) is 4.91. The Bertz CT molecular complexity index is 955. The highest BCUT2D eigenvalue weighted by Crippen LogP contribution is 2.24. The van der Waals surface area contributed by atoms with Gasteiger partial charge in [0.1, 0.15) is 5.82 Å². The third kappa shape index (κ3) is 4.44. The molecule has 0 saturated carbocycles. The third-order valence-corrected chi connectivity index (χ3v) is 5.15. The fraction of sp³-hybridized carbons (Fsp3) is 0.381. The predicted octanol–water partition coefficient (Wildman–Crippen LogP) is 4.50. The molecular formula is C21H25ClN6. The largest absolute Gasteiger partial charge is 0.384 e. The first kappa shape index (κ1) is 18.7. The van der Waals surface area contributed by atoms with Gasteiger partial charge in [0.25, 0.3) is 0 Å². The second-order valence-corrected chi connectivity index (χ2v) is 7.55. The van der Waals surface area contributed by atoms with Gasteiger partial charge in [0.2, 0.25) is 5.95 Å². The normalized spacial score (nSPS) is 13.9. The van der Waals surface area contributed by atoms with Crippen molar-refractivity contribution in [2.45, 2.75) is 26.2 Å². The zero-order valence-corrected chi connectivity index (χ0v) is 16.8. The van der Waals surface area contributed by atoms with E-state index < -0.39 is 0 Å². The van der Waals surface area contributed by atoms with Crippen molar-refractivity contribution in [2.24, 2.45) is 0 Å². The minimum absolute atomic E-state index is 0.704. The van der Waals surface area contributed by atoms with E-state index in [1.54, 1.807) is 0 Å². The van der Waals surface area contributed by atoms with E-state index in [1.165, 1.54) is 12.8 Å². The molecule has 0 bridgehead atoms. The second kappa shape index (κ2) is 8.61. The molecule has 0 amide bonds. The van der Waals surface area contributed by atoms with Crippen molar-refractivity contribution in [3.05, 3.63) is 47.2 Å². The molecule has 1 aliphatic rings. The fourth-order valence-electron chi connectivity index (χ4n) is 3.51. The van der Waals surface area contributed by atoms with E-state index in [9.17, 15) is 0 Å². The molecule has 1 aliphatic heterocycles. The van der Waals surface area contributed by atoms with E-state index in [1.807, 2.05) is 43.5 Å². The molecule has 6 nitrogen and oxygen atoms in total. The van der Waals surface area contributed by atoms with Crippen LogP contribution in [0.1, 0.15) is 25.0 Å². The second-order valence-electron chi connectivity index (χ2n) is 7.12. The number of aromatic nitrogens is 3. The molecule has 146 valence electrons. The maximum absolute atomic E-state index is 6.06. The van der Waals surface area contributed by atoms with E-state index >= 15 is 0 Å². The van der Waals surface area contributed by atoms with Gasteiger partial charge < -0.3 is 15.5 Å². The average Bonchev–Trinajstić information content (AvgIpc) is 3.22. The van der Waals surface area contributed by atoms with Crippen LogP contribution >= 0.6 is 11.6 Å². The number of hydrogen-bond acceptors (Lipinski definition) is 6.